The molecule has 2 amide bonds. The fourth-order valence-corrected chi connectivity index (χ4v) is 3.99. The molecular formula is C17H20N6O2. The van der Waals surface area contributed by atoms with Crippen molar-refractivity contribution in [2.75, 3.05) is 25.0 Å². The van der Waals surface area contributed by atoms with E-state index in [0.29, 0.717) is 38.9 Å². The lowest BCUT2D eigenvalue weighted by Gasteiger charge is -2.38. The lowest BCUT2D eigenvalue weighted by atomic mass is 9.73. The van der Waals surface area contributed by atoms with E-state index in [1.54, 1.807) is 9.58 Å². The summed E-state index contributed by atoms with van der Waals surface area (Å²) in [5, 5.41) is 10.9. The van der Waals surface area contributed by atoms with Crippen molar-refractivity contribution in [1.29, 1.82) is 0 Å². The van der Waals surface area contributed by atoms with Gasteiger partial charge in [-0.15, -0.1) is 5.10 Å². The molecule has 1 aromatic carbocycles. The molecule has 8 heteroatoms. The maximum atomic E-state index is 12.9. The second kappa shape index (κ2) is 5.94. The van der Waals surface area contributed by atoms with Crippen molar-refractivity contribution in [3.63, 3.8) is 0 Å². The van der Waals surface area contributed by atoms with Gasteiger partial charge in [0.25, 0.3) is 0 Å². The molecule has 25 heavy (non-hydrogen) atoms. The second-order valence-corrected chi connectivity index (χ2v) is 6.67. The maximum absolute atomic E-state index is 12.9. The number of carbonyl (C=O) groups excluding carboxylic acids is 2. The number of aryl methyl sites for hydroxylation is 1. The Morgan fingerprint density at radius 2 is 2.00 bits per heavy atom. The van der Waals surface area contributed by atoms with Gasteiger partial charge in [-0.05, 0) is 34.9 Å². The number of piperidine rings is 1. The summed E-state index contributed by atoms with van der Waals surface area (Å²) in [4.78, 5) is 28.9. The van der Waals surface area contributed by atoms with Gasteiger partial charge >= 0.3 is 0 Å². The smallest absolute Gasteiger partial charge is 0.237 e. The zero-order chi connectivity index (χ0) is 17.4. The Labute approximate surface area is 145 Å². The lowest BCUT2D eigenvalue weighted by Crippen LogP contribution is -2.49. The average molecular weight is 340 g/mol. The van der Waals surface area contributed by atoms with E-state index >= 15 is 0 Å². The summed E-state index contributed by atoms with van der Waals surface area (Å²) in [6, 6.07) is 7.98. The number of fused-ring (bicyclic) bond motifs is 2. The van der Waals surface area contributed by atoms with Crippen molar-refractivity contribution in [3.8, 4) is 0 Å². The number of nitrogens with zero attached hydrogens (tertiary/aromatic N) is 6. The normalized spacial score (nSPS) is 18.7. The number of hydrogen-bond acceptors (Lipinski definition) is 5. The van der Waals surface area contributed by atoms with Crippen LogP contribution in [-0.2, 0) is 21.5 Å². The molecule has 0 aliphatic carbocycles. The van der Waals surface area contributed by atoms with Crippen molar-refractivity contribution in [2.45, 2.75) is 31.2 Å². The average Bonchev–Trinajstić information content (AvgIpc) is 3.24. The van der Waals surface area contributed by atoms with Crippen molar-refractivity contribution in [1.82, 2.24) is 25.1 Å². The third kappa shape index (κ3) is 2.48. The molecule has 2 aliphatic heterocycles. The van der Waals surface area contributed by atoms with Gasteiger partial charge in [0.1, 0.15) is 6.33 Å². The van der Waals surface area contributed by atoms with Crippen LogP contribution in [0.2, 0.25) is 0 Å². The van der Waals surface area contributed by atoms with Crippen LogP contribution in [0.15, 0.2) is 30.6 Å². The quantitative estimate of drug-likeness (QED) is 0.817. The van der Waals surface area contributed by atoms with Crippen LogP contribution in [0.1, 0.15) is 24.8 Å². The summed E-state index contributed by atoms with van der Waals surface area (Å²) in [7, 11) is 1.83. The first-order valence-corrected chi connectivity index (χ1v) is 8.48. The summed E-state index contributed by atoms with van der Waals surface area (Å²) >= 11 is 0. The Balaban J connectivity index is 1.44. The third-order valence-electron chi connectivity index (χ3n) is 5.41. The van der Waals surface area contributed by atoms with Crippen LogP contribution < -0.4 is 4.90 Å². The molecule has 0 N–H and O–H groups in total. The summed E-state index contributed by atoms with van der Waals surface area (Å²) < 4.78 is 1.55. The van der Waals surface area contributed by atoms with E-state index in [-0.39, 0.29) is 11.8 Å². The number of para-hydroxylation sites is 1. The molecule has 130 valence electrons. The van der Waals surface area contributed by atoms with Gasteiger partial charge in [-0.1, -0.05) is 18.2 Å². The highest BCUT2D eigenvalue weighted by atomic mass is 16.2. The van der Waals surface area contributed by atoms with Crippen LogP contribution in [0.25, 0.3) is 0 Å². The van der Waals surface area contributed by atoms with E-state index in [9.17, 15) is 9.59 Å². The van der Waals surface area contributed by atoms with Gasteiger partial charge in [0.05, 0.1) is 12.0 Å². The zero-order valence-electron chi connectivity index (χ0n) is 14.1. The molecule has 0 unspecified atom stereocenters. The number of likely N-dealkylation sites (tertiary alicyclic amines) is 1. The largest absolute Gasteiger partial charge is 0.343 e. The molecule has 8 nitrogen and oxygen atoms in total. The van der Waals surface area contributed by atoms with Crippen LogP contribution in [0.5, 0.6) is 0 Å². The number of hydrogen-bond donors (Lipinski definition) is 0. The fourth-order valence-electron chi connectivity index (χ4n) is 3.99. The van der Waals surface area contributed by atoms with E-state index in [1.807, 2.05) is 36.2 Å². The van der Waals surface area contributed by atoms with E-state index in [2.05, 4.69) is 15.5 Å². The van der Waals surface area contributed by atoms with E-state index in [1.165, 1.54) is 6.33 Å². The highest BCUT2D eigenvalue weighted by Gasteiger charge is 2.51. The first-order chi connectivity index (χ1) is 12.1. The van der Waals surface area contributed by atoms with Crippen LogP contribution >= 0.6 is 0 Å². The third-order valence-corrected chi connectivity index (χ3v) is 5.41. The molecule has 0 saturated carbocycles. The Morgan fingerprint density at radius 3 is 2.72 bits per heavy atom. The van der Waals surface area contributed by atoms with Gasteiger partial charge in [0, 0.05) is 32.2 Å². The highest BCUT2D eigenvalue weighted by molar-refractivity contribution is 6.07. The molecule has 1 saturated heterocycles. The van der Waals surface area contributed by atoms with Crippen LogP contribution in [0.3, 0.4) is 0 Å². The molecule has 2 aliphatic rings. The Bertz CT molecular complexity index is 795. The van der Waals surface area contributed by atoms with Gasteiger partial charge in [-0.25, -0.2) is 4.68 Å². The summed E-state index contributed by atoms with van der Waals surface area (Å²) in [6.07, 6.45) is 3.21. The molecule has 0 radical (unpaired) electrons. The topological polar surface area (TPSA) is 84.2 Å². The fraction of sp³-hybridized carbons (Fsp3) is 0.471. The first-order valence-electron chi connectivity index (χ1n) is 8.48. The van der Waals surface area contributed by atoms with Crippen molar-refractivity contribution in [2.24, 2.45) is 0 Å². The summed E-state index contributed by atoms with van der Waals surface area (Å²) in [5.41, 5.74) is 1.62. The maximum Gasteiger partial charge on any atom is 0.237 e. The number of aromatic nitrogens is 4. The Hall–Kier alpha value is -2.77. The van der Waals surface area contributed by atoms with Crippen molar-refractivity contribution in [3.05, 3.63) is 36.2 Å². The molecule has 0 atom stereocenters. The molecule has 1 aromatic heterocycles. The monoisotopic (exact) mass is 340 g/mol. The summed E-state index contributed by atoms with van der Waals surface area (Å²) in [6.45, 7) is 1.67. The molecule has 3 heterocycles. The van der Waals surface area contributed by atoms with Crippen molar-refractivity contribution >= 4 is 17.5 Å². The predicted octanol–water partition coefficient (Wildman–Crippen LogP) is 0.600. The van der Waals surface area contributed by atoms with Gasteiger partial charge in [0.15, 0.2) is 0 Å². The Kier molecular flexibility index (Phi) is 3.74. The zero-order valence-corrected chi connectivity index (χ0v) is 14.1. The molecular weight excluding hydrogens is 320 g/mol. The lowest BCUT2D eigenvalue weighted by molar-refractivity contribution is -0.135. The Morgan fingerprint density at radius 1 is 1.24 bits per heavy atom. The number of benzene rings is 1. The SMILES string of the molecule is CN1C(=O)C2(CCN(C(=O)CCn3cnnn3)CC2)c2ccccc21. The molecule has 1 fully saturated rings. The number of anilines is 1. The standard InChI is InChI=1S/C17H20N6O2/c1-21-14-5-3-2-4-13(14)17(16(21)25)7-10-22(11-8-17)15(24)6-9-23-12-18-19-20-23/h2-5,12H,6-11H2,1H3. The summed E-state index contributed by atoms with van der Waals surface area (Å²) in [5.74, 6) is 0.229. The van der Waals surface area contributed by atoms with E-state index < -0.39 is 5.41 Å². The number of amides is 2. The van der Waals surface area contributed by atoms with Crippen LogP contribution in [0, 0.1) is 0 Å². The van der Waals surface area contributed by atoms with E-state index in [0.717, 1.165) is 11.3 Å². The number of likely N-dealkylation sites (N-methyl/N-ethyl adjacent to an activating group) is 1. The number of rotatable bonds is 3. The number of carbonyl (C=O) groups is 2. The first kappa shape index (κ1) is 15.7. The molecule has 0 bridgehead atoms. The van der Waals surface area contributed by atoms with Crippen molar-refractivity contribution < 1.29 is 9.59 Å². The van der Waals surface area contributed by atoms with E-state index in [4.69, 9.17) is 0 Å². The molecule has 2 aromatic rings. The highest BCUT2D eigenvalue weighted by Crippen LogP contribution is 2.47. The van der Waals surface area contributed by atoms with Gasteiger partial charge in [-0.2, -0.15) is 0 Å². The predicted molar refractivity (Wildman–Crippen MR) is 89.8 cm³/mol. The minimum atomic E-state index is -0.474. The molecule has 4 rings (SSSR count). The van der Waals surface area contributed by atoms with Crippen LogP contribution in [0.4, 0.5) is 5.69 Å². The second-order valence-electron chi connectivity index (χ2n) is 6.67. The minimum Gasteiger partial charge on any atom is -0.343 e. The van der Waals surface area contributed by atoms with Gasteiger partial charge in [-0.3, -0.25) is 9.59 Å². The van der Waals surface area contributed by atoms with Gasteiger partial charge < -0.3 is 9.80 Å². The minimum absolute atomic E-state index is 0.0810. The van der Waals surface area contributed by atoms with Gasteiger partial charge in [0.2, 0.25) is 11.8 Å². The van der Waals surface area contributed by atoms with Crippen LogP contribution in [-0.4, -0.2) is 57.1 Å². The molecule has 1 spiro atoms. The number of tetrazole rings is 1.